The number of aryl methyl sites for hydroxylation is 1. The molecule has 5 aromatic rings. The smallest absolute Gasteiger partial charge is 0.163 e. The summed E-state index contributed by atoms with van der Waals surface area (Å²) in [5, 5.41) is 1.80. The van der Waals surface area contributed by atoms with E-state index in [1.54, 1.807) is 6.20 Å². The van der Waals surface area contributed by atoms with Crippen LogP contribution in [-0.2, 0) is 12.8 Å². The topological polar surface area (TPSA) is 41.9 Å². The molecule has 0 radical (unpaired) electrons. The van der Waals surface area contributed by atoms with Gasteiger partial charge in [0.1, 0.15) is 5.82 Å². The quantitative estimate of drug-likeness (QED) is 0.261. The average molecular weight is 477 g/mol. The molecule has 0 saturated heterocycles. The highest BCUT2D eigenvalue weighted by Crippen LogP contribution is 2.39. The Morgan fingerprint density at radius 1 is 0.886 bits per heavy atom. The lowest BCUT2D eigenvalue weighted by molar-refractivity contribution is 0.922. The lowest BCUT2D eigenvalue weighted by Crippen LogP contribution is -2.16. The van der Waals surface area contributed by atoms with Crippen LogP contribution in [0.1, 0.15) is 24.5 Å². The maximum Gasteiger partial charge on any atom is 0.163 e. The van der Waals surface area contributed by atoms with E-state index in [1.165, 1.54) is 16.7 Å². The Bertz CT molecular complexity index is 1510. The highest BCUT2D eigenvalue weighted by Gasteiger charge is 2.24. The zero-order chi connectivity index (χ0) is 23.8. The van der Waals surface area contributed by atoms with E-state index in [4.69, 9.17) is 21.6 Å². The van der Waals surface area contributed by atoms with Gasteiger partial charge in [0, 0.05) is 40.6 Å². The summed E-state index contributed by atoms with van der Waals surface area (Å²) in [4.78, 5) is 16.6. The van der Waals surface area contributed by atoms with E-state index < -0.39 is 0 Å². The Balaban J connectivity index is 1.51. The molecule has 0 saturated carbocycles. The van der Waals surface area contributed by atoms with Gasteiger partial charge < -0.3 is 4.90 Å². The Hall–Kier alpha value is -3.76. The van der Waals surface area contributed by atoms with E-state index in [0.717, 1.165) is 64.4 Å². The average Bonchev–Trinajstić information content (AvgIpc) is 3.31. The predicted octanol–water partition coefficient (Wildman–Crippen LogP) is 7.66. The number of pyridine rings is 1. The molecule has 35 heavy (non-hydrogen) atoms. The summed E-state index contributed by atoms with van der Waals surface area (Å²) in [6.07, 6.45) is 6.78. The van der Waals surface area contributed by atoms with Crippen molar-refractivity contribution in [1.82, 2.24) is 15.0 Å². The molecule has 172 valence electrons. The van der Waals surface area contributed by atoms with E-state index in [9.17, 15) is 0 Å². The van der Waals surface area contributed by atoms with E-state index in [0.29, 0.717) is 5.82 Å². The Kier molecular flexibility index (Phi) is 5.67. The van der Waals surface area contributed by atoms with Crippen molar-refractivity contribution < 1.29 is 0 Å². The summed E-state index contributed by atoms with van der Waals surface area (Å²) in [7, 11) is 0. The monoisotopic (exact) mass is 476 g/mol. The van der Waals surface area contributed by atoms with Gasteiger partial charge in [-0.3, -0.25) is 4.98 Å². The van der Waals surface area contributed by atoms with Gasteiger partial charge in [-0.05, 0) is 77.6 Å². The number of hydrogen-bond donors (Lipinski definition) is 0. The lowest BCUT2D eigenvalue weighted by Gasteiger charge is -2.21. The minimum atomic E-state index is 0.679. The Morgan fingerprint density at radius 2 is 1.74 bits per heavy atom. The molecule has 0 bridgehead atoms. The standard InChI is InChI=1S/C30H25ClN4/c1-2-4-20-6-8-21(9-7-20)22-10-12-26-27(18-22)33-29(24-5-3-15-32-19-24)34-30(26)35-16-14-23-17-25(31)11-13-28(23)35/h3,5-13,15,17-19H,2,4,14,16H2,1H3. The van der Waals surface area contributed by atoms with Gasteiger partial charge in [0.25, 0.3) is 0 Å². The van der Waals surface area contributed by atoms with Crippen molar-refractivity contribution in [2.24, 2.45) is 0 Å². The zero-order valence-electron chi connectivity index (χ0n) is 19.6. The number of benzene rings is 3. The number of hydrogen-bond acceptors (Lipinski definition) is 4. The molecule has 4 nitrogen and oxygen atoms in total. The van der Waals surface area contributed by atoms with Gasteiger partial charge in [-0.25, -0.2) is 9.97 Å². The van der Waals surface area contributed by atoms with Crippen LogP contribution in [0.4, 0.5) is 11.5 Å². The Labute approximate surface area is 210 Å². The van der Waals surface area contributed by atoms with Crippen LogP contribution in [0.3, 0.4) is 0 Å². The first-order valence-electron chi connectivity index (χ1n) is 12.1. The van der Waals surface area contributed by atoms with Crippen molar-refractivity contribution >= 4 is 34.0 Å². The summed E-state index contributed by atoms with van der Waals surface area (Å²) in [6, 6.07) is 25.4. The van der Waals surface area contributed by atoms with Gasteiger partial charge in [0.15, 0.2) is 5.82 Å². The third-order valence-electron chi connectivity index (χ3n) is 6.62. The van der Waals surface area contributed by atoms with Crippen LogP contribution >= 0.6 is 11.6 Å². The second kappa shape index (κ2) is 9.12. The van der Waals surface area contributed by atoms with Crippen molar-refractivity contribution in [1.29, 1.82) is 0 Å². The molecular formula is C30H25ClN4. The molecule has 3 heterocycles. The molecule has 0 amide bonds. The summed E-state index contributed by atoms with van der Waals surface area (Å²) >= 11 is 6.27. The highest BCUT2D eigenvalue weighted by atomic mass is 35.5. The second-order valence-electron chi connectivity index (χ2n) is 8.97. The SMILES string of the molecule is CCCc1ccc(-c2ccc3c(N4CCc5cc(Cl)ccc54)nc(-c4cccnc4)nc3c2)cc1. The predicted molar refractivity (Wildman–Crippen MR) is 144 cm³/mol. The van der Waals surface area contributed by atoms with Crippen LogP contribution in [0.5, 0.6) is 0 Å². The van der Waals surface area contributed by atoms with E-state index in [-0.39, 0.29) is 0 Å². The Morgan fingerprint density at radius 3 is 2.54 bits per heavy atom. The number of aromatic nitrogens is 3. The minimum absolute atomic E-state index is 0.679. The van der Waals surface area contributed by atoms with Gasteiger partial charge >= 0.3 is 0 Å². The van der Waals surface area contributed by atoms with Crippen molar-refractivity contribution in [3.05, 3.63) is 101 Å². The van der Waals surface area contributed by atoms with Crippen molar-refractivity contribution in [2.45, 2.75) is 26.2 Å². The van der Waals surface area contributed by atoms with Crippen LogP contribution in [-0.4, -0.2) is 21.5 Å². The molecular weight excluding hydrogens is 452 g/mol. The summed E-state index contributed by atoms with van der Waals surface area (Å²) in [5.41, 5.74) is 7.94. The van der Waals surface area contributed by atoms with Crippen LogP contribution in [0.15, 0.2) is 85.2 Å². The first-order valence-corrected chi connectivity index (χ1v) is 12.4. The first kappa shape index (κ1) is 21.8. The molecule has 0 fully saturated rings. The summed E-state index contributed by atoms with van der Waals surface area (Å²) in [5.74, 6) is 1.60. The fourth-order valence-electron chi connectivity index (χ4n) is 4.87. The van der Waals surface area contributed by atoms with Gasteiger partial charge in [-0.15, -0.1) is 0 Å². The lowest BCUT2D eigenvalue weighted by atomic mass is 10.0. The zero-order valence-corrected chi connectivity index (χ0v) is 20.3. The maximum absolute atomic E-state index is 6.27. The van der Waals surface area contributed by atoms with E-state index in [1.807, 2.05) is 24.4 Å². The van der Waals surface area contributed by atoms with Gasteiger partial charge in [0.05, 0.1) is 5.52 Å². The summed E-state index contributed by atoms with van der Waals surface area (Å²) < 4.78 is 0. The van der Waals surface area contributed by atoms with E-state index in [2.05, 4.69) is 71.4 Å². The fourth-order valence-corrected chi connectivity index (χ4v) is 5.06. The van der Waals surface area contributed by atoms with Gasteiger partial charge in [-0.2, -0.15) is 0 Å². The van der Waals surface area contributed by atoms with Crippen LogP contribution < -0.4 is 4.90 Å². The minimum Gasteiger partial charge on any atom is -0.325 e. The van der Waals surface area contributed by atoms with Crippen LogP contribution in [0.2, 0.25) is 5.02 Å². The molecule has 0 spiro atoms. The third kappa shape index (κ3) is 4.15. The molecule has 0 aliphatic carbocycles. The molecule has 0 unspecified atom stereocenters. The number of halogens is 1. The van der Waals surface area contributed by atoms with Gasteiger partial charge in [-0.1, -0.05) is 55.3 Å². The molecule has 2 aromatic heterocycles. The number of rotatable bonds is 5. The fraction of sp³-hybridized carbons (Fsp3) is 0.167. The van der Waals surface area contributed by atoms with E-state index >= 15 is 0 Å². The van der Waals surface area contributed by atoms with Gasteiger partial charge in [0.2, 0.25) is 0 Å². The molecule has 1 aliphatic heterocycles. The molecule has 3 aromatic carbocycles. The molecule has 0 atom stereocenters. The normalized spacial score (nSPS) is 12.8. The molecule has 1 aliphatic rings. The number of nitrogens with zero attached hydrogens (tertiary/aromatic N) is 4. The molecule has 5 heteroatoms. The number of anilines is 2. The third-order valence-corrected chi connectivity index (χ3v) is 6.85. The first-order chi connectivity index (χ1) is 17.2. The molecule has 0 N–H and O–H groups in total. The van der Waals surface area contributed by atoms with Crippen LogP contribution in [0.25, 0.3) is 33.4 Å². The summed E-state index contributed by atoms with van der Waals surface area (Å²) in [6.45, 7) is 3.07. The van der Waals surface area contributed by atoms with Crippen molar-refractivity contribution in [3.63, 3.8) is 0 Å². The van der Waals surface area contributed by atoms with Crippen LogP contribution in [0, 0.1) is 0 Å². The highest BCUT2D eigenvalue weighted by molar-refractivity contribution is 6.30. The van der Waals surface area contributed by atoms with Crippen molar-refractivity contribution in [3.8, 4) is 22.5 Å². The largest absolute Gasteiger partial charge is 0.325 e. The number of fused-ring (bicyclic) bond motifs is 2. The maximum atomic E-state index is 6.27. The van der Waals surface area contributed by atoms with Crippen molar-refractivity contribution in [2.75, 3.05) is 11.4 Å². The second-order valence-corrected chi connectivity index (χ2v) is 9.40. The molecule has 6 rings (SSSR count).